The molecular weight excluding hydrogens is 1530 g/mol. The summed E-state index contributed by atoms with van der Waals surface area (Å²) in [6, 6.07) is -17.2. The van der Waals surface area contributed by atoms with Crippen molar-refractivity contribution in [2.75, 3.05) is 19.6 Å². The van der Waals surface area contributed by atoms with Gasteiger partial charge in [0.25, 0.3) is 0 Å². The average Bonchev–Trinajstić information content (AvgIpc) is 1.13. The minimum Gasteiger partial charge on any atom is -0.508 e. The molecule has 116 heavy (non-hydrogen) atoms. The normalized spacial score (nSPS) is 15.3. The van der Waals surface area contributed by atoms with Crippen LogP contribution in [0.3, 0.4) is 0 Å². The van der Waals surface area contributed by atoms with Crippen molar-refractivity contribution in [3.8, 4) is 5.75 Å². The molecule has 27 N–H and O–H groups in total. The highest BCUT2D eigenvalue weighted by atomic mass is 16.4. The first-order valence-corrected chi connectivity index (χ1v) is 37.4. The number of rotatable bonds is 50. The number of nitrogens with one attached hydrogen (secondary N) is 19. The van der Waals surface area contributed by atoms with Crippen molar-refractivity contribution in [3.63, 3.8) is 0 Å². The molecule has 1 aromatic carbocycles. The zero-order valence-electron chi connectivity index (χ0n) is 67.0. The number of hydrogen-bond acceptors (Lipinski definition) is 24. The van der Waals surface area contributed by atoms with Gasteiger partial charge in [-0.3, -0.25) is 95.9 Å². The van der Waals surface area contributed by atoms with Crippen LogP contribution in [0.15, 0.2) is 36.8 Å². The van der Waals surface area contributed by atoms with Gasteiger partial charge in [-0.15, -0.1) is 0 Å². The Morgan fingerprint density at radius 3 is 0.957 bits per heavy atom. The Morgan fingerprint density at radius 1 is 0.362 bits per heavy atom. The molecule has 19 amide bonds. The lowest BCUT2D eigenvalue weighted by atomic mass is 10.1. The van der Waals surface area contributed by atoms with Gasteiger partial charge >= 0.3 is 5.97 Å². The number of nitrogens with two attached hydrogens (primary N) is 3. The molecule has 0 bridgehead atoms. The van der Waals surface area contributed by atoms with E-state index in [4.69, 9.17) is 17.2 Å². The lowest BCUT2D eigenvalue weighted by molar-refractivity contribution is -0.141. The molecule has 0 aliphatic carbocycles. The highest BCUT2D eigenvalue weighted by Crippen LogP contribution is 2.12. The van der Waals surface area contributed by atoms with Crippen LogP contribution in [0.4, 0.5) is 0 Å². The summed E-state index contributed by atoms with van der Waals surface area (Å²) in [7, 11) is 0. The Hall–Kier alpha value is -12.4. The number of nitrogens with zero attached hydrogens (tertiary/aromatic N) is 1. The molecule has 0 spiro atoms. The lowest BCUT2D eigenvalue weighted by Crippen LogP contribution is -2.59. The third-order valence-corrected chi connectivity index (χ3v) is 17.3. The third-order valence-electron chi connectivity index (χ3n) is 17.3. The van der Waals surface area contributed by atoms with Gasteiger partial charge in [-0.2, -0.15) is 0 Å². The summed E-state index contributed by atoms with van der Waals surface area (Å²) in [6.45, 7) is 16.2. The Labute approximate surface area is 668 Å². The van der Waals surface area contributed by atoms with Gasteiger partial charge in [-0.1, -0.05) is 12.1 Å². The molecule has 0 unspecified atom stereocenters. The topological polar surface area (TPSA) is 705 Å². The van der Waals surface area contributed by atoms with Crippen molar-refractivity contribution in [3.05, 3.63) is 48.0 Å². The fraction of sp³-hybridized carbons (Fsp3) is 0.592. The summed E-state index contributed by atoms with van der Waals surface area (Å²) in [6.07, 6.45) is 3.62. The minimum absolute atomic E-state index is 0.0173. The number of benzene rings is 1. The molecule has 1 heterocycles. The first-order valence-electron chi connectivity index (χ1n) is 37.4. The van der Waals surface area contributed by atoms with E-state index in [-0.39, 0.29) is 43.7 Å². The number of phenols is 1. The highest BCUT2D eigenvalue weighted by molar-refractivity contribution is 6.01. The number of carboxylic acids is 1. The zero-order valence-corrected chi connectivity index (χ0v) is 67.0. The van der Waals surface area contributed by atoms with Crippen LogP contribution in [0.2, 0.25) is 0 Å². The number of phenolic OH excluding ortho intramolecular Hbond substituents is 1. The molecule has 17 atom stereocenters. The van der Waals surface area contributed by atoms with Crippen LogP contribution in [-0.2, 0) is 109 Å². The summed E-state index contributed by atoms with van der Waals surface area (Å²) in [4.78, 5) is 268. The molecule has 0 aliphatic heterocycles. The maximum absolute atomic E-state index is 13.8. The summed E-state index contributed by atoms with van der Waals surface area (Å²) in [5.41, 5.74) is 17.5. The number of aromatic nitrogens is 2. The van der Waals surface area contributed by atoms with Gasteiger partial charge in [-0.05, 0) is 152 Å². The number of imidazole rings is 1. The van der Waals surface area contributed by atoms with Gasteiger partial charge in [0.15, 0.2) is 0 Å². The molecule has 2 rings (SSSR count). The Balaban J connectivity index is 1.96. The standard InChI is InChI=1S/C71H113N23O22/c1-32(78-57(102)33(2)81-62(107)38(7)87-69(114)49(90-44(13)95)19-15-17-25-73)56(101)80-36(5)60(105)86-43(12)67(112)94-52(28-54(98)99)71(116)89-40(9)64(109)83-37(6)61(106)85-42(11)66(111)93-51(27-46-29-75-31-77-46)70(115)88-39(8)63(108)82-34(3)58(103)79-35(4)59(104)84-41(10)65(110)92-48(18-14-16-24-72)68(113)76-30-53(97)91-50(55(74)100)26-45-20-22-47(96)23-21-45/h20-23,29,31-43,48-52,96H,14-19,24-28,30,72-73H2,1-13H3,(H2,74,100)(H,75,77)(H,76,113)(H,78,102)(H,79,103)(H,80,101)(H,81,107)(H,82,108)(H,83,109)(H,84,104)(H,85,106)(H,86,105)(H,87,114)(H,88,115)(H,89,116)(H,90,95)(H,91,97)(H,92,110)(H,93,111)(H,94,112)(H,98,99)/t32-,33-,34-,35-,36-,37-,38-,39-,40-,41-,42-,43-,48-,49-,50-,51-,52-/m0/s1. The van der Waals surface area contributed by atoms with Crippen LogP contribution in [0.25, 0.3) is 0 Å². The van der Waals surface area contributed by atoms with Gasteiger partial charge in [0.05, 0.1) is 25.0 Å². The minimum atomic E-state index is -1.87. The summed E-state index contributed by atoms with van der Waals surface area (Å²) >= 11 is 0. The van der Waals surface area contributed by atoms with Crippen LogP contribution in [-0.4, -0.2) is 261 Å². The van der Waals surface area contributed by atoms with E-state index in [9.17, 15) is 106 Å². The number of aromatic hydroxyl groups is 1. The molecule has 1 aromatic heterocycles. The third kappa shape index (κ3) is 36.6. The monoisotopic (exact) mass is 1640 g/mol. The number of amides is 19. The summed E-state index contributed by atoms with van der Waals surface area (Å²) in [5.74, 6) is -18.3. The number of carboxylic acid groups (broad SMARTS) is 1. The quantitative estimate of drug-likeness (QED) is 0.0274. The number of aromatic amines is 1. The molecule has 0 aliphatic rings. The zero-order chi connectivity index (χ0) is 88.0. The predicted molar refractivity (Wildman–Crippen MR) is 411 cm³/mol. The molecule has 0 saturated carbocycles. The van der Waals surface area contributed by atoms with Gasteiger partial charge in [0.2, 0.25) is 112 Å². The number of H-pyrrole nitrogens is 1. The number of aliphatic carboxylic acids is 1. The van der Waals surface area contributed by atoms with Crippen LogP contribution in [0.5, 0.6) is 5.75 Å². The van der Waals surface area contributed by atoms with Crippen molar-refractivity contribution in [1.82, 2.24) is 106 Å². The van der Waals surface area contributed by atoms with Crippen molar-refractivity contribution in [1.29, 1.82) is 0 Å². The van der Waals surface area contributed by atoms with E-state index < -0.39 is 234 Å². The summed E-state index contributed by atoms with van der Waals surface area (Å²) in [5, 5.41) is 62.2. The van der Waals surface area contributed by atoms with E-state index in [1.807, 2.05) is 0 Å². The fourth-order valence-corrected chi connectivity index (χ4v) is 10.3. The van der Waals surface area contributed by atoms with Gasteiger partial charge < -0.3 is 128 Å². The number of carbonyl (C=O) groups is 20. The Kier molecular flexibility index (Phi) is 42.9. The molecule has 45 nitrogen and oxygen atoms in total. The van der Waals surface area contributed by atoms with Gasteiger partial charge in [-0.25, -0.2) is 4.98 Å². The predicted octanol–water partition coefficient (Wildman–Crippen LogP) is -9.26. The highest BCUT2D eigenvalue weighted by Gasteiger charge is 2.36. The average molecular weight is 1640 g/mol. The van der Waals surface area contributed by atoms with Crippen molar-refractivity contribution in [2.45, 2.75) is 251 Å². The van der Waals surface area contributed by atoms with Crippen molar-refractivity contribution in [2.24, 2.45) is 17.2 Å². The largest absolute Gasteiger partial charge is 0.508 e. The van der Waals surface area contributed by atoms with Crippen molar-refractivity contribution >= 4 is 118 Å². The molecular formula is C71H113N23O22. The second kappa shape index (κ2) is 49.9. The van der Waals surface area contributed by atoms with E-state index in [1.165, 1.54) is 113 Å². The summed E-state index contributed by atoms with van der Waals surface area (Å²) < 4.78 is 0. The van der Waals surface area contributed by atoms with Crippen molar-refractivity contribution < 1.29 is 106 Å². The van der Waals surface area contributed by atoms with E-state index in [0.717, 1.165) is 13.8 Å². The number of hydrogen-bond donors (Lipinski definition) is 24. The SMILES string of the molecule is CC(=O)N[C@@H](CCCCN)C(=O)N[C@@H](C)C(=O)N[C@@H](C)C(=O)N[C@@H](C)C(=O)N[C@@H](C)C(=O)N[C@@H](C)C(=O)N[C@@H](CC(=O)O)C(=O)N[C@@H](C)C(=O)N[C@@H](C)C(=O)N[C@@H](C)C(=O)N[C@@H](Cc1c[nH]cn1)C(=O)N[C@@H](C)C(=O)N[C@@H](C)C(=O)N[C@@H](C)C(=O)N[C@@H](C)C(=O)N[C@@H](CCCCN)C(=O)NCC(=O)N[C@@H](Cc1ccc(O)cc1)C(N)=O. The first-order chi connectivity index (χ1) is 54.3. The smallest absolute Gasteiger partial charge is 0.305 e. The molecule has 0 fully saturated rings. The van der Waals surface area contributed by atoms with E-state index >= 15 is 0 Å². The molecule has 2 aromatic rings. The van der Waals surface area contributed by atoms with Crippen LogP contribution >= 0.6 is 0 Å². The van der Waals surface area contributed by atoms with E-state index in [2.05, 4.69) is 106 Å². The van der Waals surface area contributed by atoms with Gasteiger partial charge in [0, 0.05) is 26.0 Å². The molecule has 0 saturated heterocycles. The second-order valence-electron chi connectivity index (χ2n) is 27.7. The van der Waals surface area contributed by atoms with Crippen LogP contribution in [0.1, 0.15) is 146 Å². The van der Waals surface area contributed by atoms with Gasteiger partial charge in [0.1, 0.15) is 108 Å². The Bertz CT molecular complexity index is 3790. The Morgan fingerprint density at radius 2 is 0.655 bits per heavy atom. The second-order valence-corrected chi connectivity index (χ2v) is 27.7. The maximum atomic E-state index is 13.8. The number of unbranched alkanes of at least 4 members (excludes halogenated alkanes) is 2. The number of primary amides is 1. The van der Waals surface area contributed by atoms with E-state index in [1.54, 1.807) is 0 Å². The first kappa shape index (κ1) is 99.6. The molecule has 0 radical (unpaired) electrons. The number of carbonyl (C=O) groups excluding carboxylic acids is 19. The van der Waals surface area contributed by atoms with Crippen LogP contribution in [0, 0.1) is 0 Å². The van der Waals surface area contributed by atoms with Crippen LogP contribution < -0.4 is 113 Å². The molecule has 45 heteroatoms. The molecule has 644 valence electrons. The fourth-order valence-electron chi connectivity index (χ4n) is 10.3. The lowest BCUT2D eigenvalue weighted by Gasteiger charge is -2.25. The maximum Gasteiger partial charge on any atom is 0.305 e. The van der Waals surface area contributed by atoms with E-state index in [0.29, 0.717) is 37.8 Å².